The molecule has 0 radical (unpaired) electrons. The molecule has 1 unspecified atom stereocenters. The standard InChI is InChI=1S/C16H24N2/c1-5-14-8-10-15(11-9-14)12-16(4,13-17)18(6-2)7-3/h8-11H,5-7,12H2,1-4H3. The number of rotatable bonds is 6. The van der Waals surface area contributed by atoms with Gasteiger partial charge in [0.15, 0.2) is 0 Å². The topological polar surface area (TPSA) is 27.0 Å². The highest BCUT2D eigenvalue weighted by atomic mass is 15.2. The van der Waals surface area contributed by atoms with Crippen molar-refractivity contribution in [2.24, 2.45) is 0 Å². The van der Waals surface area contributed by atoms with Gasteiger partial charge in [0.1, 0.15) is 5.54 Å². The molecule has 2 nitrogen and oxygen atoms in total. The minimum atomic E-state index is -0.406. The van der Waals surface area contributed by atoms with Gasteiger partial charge in [0.2, 0.25) is 0 Å². The molecule has 0 spiro atoms. The van der Waals surface area contributed by atoms with E-state index in [4.69, 9.17) is 0 Å². The van der Waals surface area contributed by atoms with Crippen molar-refractivity contribution < 1.29 is 0 Å². The van der Waals surface area contributed by atoms with Gasteiger partial charge < -0.3 is 0 Å². The zero-order valence-electron chi connectivity index (χ0n) is 12.0. The predicted molar refractivity (Wildman–Crippen MR) is 76.5 cm³/mol. The average Bonchev–Trinajstić information content (AvgIpc) is 2.41. The van der Waals surface area contributed by atoms with Gasteiger partial charge in [0, 0.05) is 6.42 Å². The molecule has 98 valence electrons. The van der Waals surface area contributed by atoms with Crippen LogP contribution >= 0.6 is 0 Å². The molecule has 0 aliphatic carbocycles. The molecule has 0 fully saturated rings. The van der Waals surface area contributed by atoms with Crippen LogP contribution in [0.5, 0.6) is 0 Å². The second kappa shape index (κ2) is 6.56. The Balaban J connectivity index is 2.88. The summed E-state index contributed by atoms with van der Waals surface area (Å²) in [5.41, 5.74) is 2.18. The maximum absolute atomic E-state index is 9.49. The fraction of sp³-hybridized carbons (Fsp3) is 0.562. The van der Waals surface area contributed by atoms with Gasteiger partial charge in [-0.1, -0.05) is 45.0 Å². The van der Waals surface area contributed by atoms with Gasteiger partial charge >= 0.3 is 0 Å². The highest BCUT2D eigenvalue weighted by Gasteiger charge is 2.29. The summed E-state index contributed by atoms with van der Waals surface area (Å²) in [5.74, 6) is 0. The van der Waals surface area contributed by atoms with E-state index >= 15 is 0 Å². The second-order valence-electron chi connectivity index (χ2n) is 4.90. The van der Waals surface area contributed by atoms with Crippen LogP contribution in [-0.4, -0.2) is 23.5 Å². The fourth-order valence-electron chi connectivity index (χ4n) is 2.43. The van der Waals surface area contributed by atoms with Crippen molar-refractivity contribution >= 4 is 0 Å². The Kier molecular flexibility index (Phi) is 5.37. The van der Waals surface area contributed by atoms with E-state index in [0.717, 1.165) is 25.9 Å². The van der Waals surface area contributed by atoms with Crippen LogP contribution in [0.3, 0.4) is 0 Å². The van der Waals surface area contributed by atoms with E-state index in [2.05, 4.69) is 56.0 Å². The molecule has 2 heteroatoms. The normalized spacial score (nSPS) is 14.2. The minimum Gasteiger partial charge on any atom is -0.286 e. The van der Waals surface area contributed by atoms with Gasteiger partial charge in [-0.25, -0.2) is 0 Å². The van der Waals surface area contributed by atoms with Crippen molar-refractivity contribution in [1.82, 2.24) is 4.90 Å². The molecule has 0 aliphatic rings. The van der Waals surface area contributed by atoms with Gasteiger partial charge in [-0.05, 0) is 37.6 Å². The van der Waals surface area contributed by atoms with E-state index in [-0.39, 0.29) is 0 Å². The molecular formula is C16H24N2. The Bertz CT molecular complexity index is 398. The largest absolute Gasteiger partial charge is 0.286 e. The first-order chi connectivity index (χ1) is 8.59. The molecule has 0 aliphatic heterocycles. The van der Waals surface area contributed by atoms with E-state index in [0.29, 0.717) is 0 Å². The first-order valence-corrected chi connectivity index (χ1v) is 6.83. The van der Waals surface area contributed by atoms with E-state index in [1.165, 1.54) is 11.1 Å². The van der Waals surface area contributed by atoms with E-state index in [1.54, 1.807) is 0 Å². The highest BCUT2D eigenvalue weighted by Crippen LogP contribution is 2.20. The number of hydrogen-bond acceptors (Lipinski definition) is 2. The zero-order valence-corrected chi connectivity index (χ0v) is 12.0. The lowest BCUT2D eigenvalue weighted by atomic mass is 9.91. The molecule has 0 N–H and O–H groups in total. The van der Waals surface area contributed by atoms with Crippen LogP contribution in [0.15, 0.2) is 24.3 Å². The van der Waals surface area contributed by atoms with Crippen LogP contribution in [-0.2, 0) is 12.8 Å². The van der Waals surface area contributed by atoms with E-state index < -0.39 is 5.54 Å². The summed E-state index contributed by atoms with van der Waals surface area (Å²) < 4.78 is 0. The van der Waals surface area contributed by atoms with Gasteiger partial charge in [-0.15, -0.1) is 0 Å². The third-order valence-electron chi connectivity index (χ3n) is 3.68. The molecular weight excluding hydrogens is 220 g/mol. The van der Waals surface area contributed by atoms with Crippen molar-refractivity contribution in [2.75, 3.05) is 13.1 Å². The lowest BCUT2D eigenvalue weighted by Crippen LogP contribution is -2.46. The zero-order chi connectivity index (χ0) is 13.6. The first kappa shape index (κ1) is 14.7. The van der Waals surface area contributed by atoms with Gasteiger partial charge in [0.25, 0.3) is 0 Å². The van der Waals surface area contributed by atoms with E-state index in [1.807, 2.05) is 6.92 Å². The maximum Gasteiger partial charge on any atom is 0.110 e. The highest BCUT2D eigenvalue weighted by molar-refractivity contribution is 5.26. The molecule has 1 aromatic rings. The van der Waals surface area contributed by atoms with Gasteiger partial charge in [0.05, 0.1) is 6.07 Å². The van der Waals surface area contributed by atoms with Crippen LogP contribution in [0.1, 0.15) is 38.8 Å². The lowest BCUT2D eigenvalue weighted by Gasteiger charge is -2.34. The second-order valence-corrected chi connectivity index (χ2v) is 4.90. The van der Waals surface area contributed by atoms with Crippen LogP contribution < -0.4 is 0 Å². The molecule has 1 atom stereocenters. The Hall–Kier alpha value is -1.33. The number of benzene rings is 1. The predicted octanol–water partition coefficient (Wildman–Crippen LogP) is 3.42. The van der Waals surface area contributed by atoms with Crippen molar-refractivity contribution in [3.63, 3.8) is 0 Å². The number of aryl methyl sites for hydroxylation is 1. The summed E-state index contributed by atoms with van der Waals surface area (Å²) in [6.45, 7) is 10.2. The summed E-state index contributed by atoms with van der Waals surface area (Å²) >= 11 is 0. The van der Waals surface area contributed by atoms with Crippen molar-refractivity contribution in [3.8, 4) is 6.07 Å². The Morgan fingerprint density at radius 2 is 1.56 bits per heavy atom. The van der Waals surface area contributed by atoms with Crippen LogP contribution in [0.25, 0.3) is 0 Å². The maximum atomic E-state index is 9.49. The third-order valence-corrected chi connectivity index (χ3v) is 3.68. The summed E-state index contributed by atoms with van der Waals surface area (Å²) in [4.78, 5) is 2.22. The number of likely N-dealkylation sites (N-methyl/N-ethyl adjacent to an activating group) is 1. The summed E-state index contributed by atoms with van der Waals surface area (Å²) in [6.07, 6.45) is 1.85. The van der Waals surface area contributed by atoms with Gasteiger partial charge in [-0.3, -0.25) is 4.90 Å². The van der Waals surface area contributed by atoms with Crippen molar-refractivity contribution in [3.05, 3.63) is 35.4 Å². The molecule has 0 heterocycles. The molecule has 18 heavy (non-hydrogen) atoms. The molecule has 0 saturated carbocycles. The van der Waals surface area contributed by atoms with Crippen molar-refractivity contribution in [2.45, 2.75) is 46.1 Å². The minimum absolute atomic E-state index is 0.406. The Morgan fingerprint density at radius 3 is 1.94 bits per heavy atom. The Labute approximate surface area is 111 Å². The SMILES string of the molecule is CCc1ccc(CC(C)(C#N)N(CC)CC)cc1. The van der Waals surface area contributed by atoms with Crippen molar-refractivity contribution in [1.29, 1.82) is 5.26 Å². The Morgan fingerprint density at radius 1 is 1.06 bits per heavy atom. The number of hydrogen-bond donors (Lipinski definition) is 0. The average molecular weight is 244 g/mol. The molecule has 0 bridgehead atoms. The molecule has 0 amide bonds. The van der Waals surface area contributed by atoms with Crippen LogP contribution in [0.2, 0.25) is 0 Å². The molecule has 0 saturated heterocycles. The summed E-state index contributed by atoms with van der Waals surface area (Å²) in [6, 6.07) is 11.1. The summed E-state index contributed by atoms with van der Waals surface area (Å²) in [5, 5.41) is 9.49. The third kappa shape index (κ3) is 3.34. The number of nitrogens with zero attached hydrogens (tertiary/aromatic N) is 2. The quantitative estimate of drug-likeness (QED) is 0.766. The smallest absolute Gasteiger partial charge is 0.110 e. The molecule has 1 aromatic carbocycles. The van der Waals surface area contributed by atoms with Gasteiger partial charge in [-0.2, -0.15) is 5.26 Å². The molecule has 1 rings (SSSR count). The molecule has 0 aromatic heterocycles. The fourth-order valence-corrected chi connectivity index (χ4v) is 2.43. The number of nitriles is 1. The summed E-state index contributed by atoms with van der Waals surface area (Å²) in [7, 11) is 0. The monoisotopic (exact) mass is 244 g/mol. The van der Waals surface area contributed by atoms with Crippen LogP contribution in [0.4, 0.5) is 0 Å². The lowest BCUT2D eigenvalue weighted by molar-refractivity contribution is 0.169. The van der Waals surface area contributed by atoms with E-state index in [9.17, 15) is 5.26 Å². The first-order valence-electron chi connectivity index (χ1n) is 6.83. The van der Waals surface area contributed by atoms with Crippen LogP contribution in [0, 0.1) is 11.3 Å².